The van der Waals surface area contributed by atoms with E-state index in [0.717, 1.165) is 18.8 Å². The zero-order valence-corrected chi connectivity index (χ0v) is 15.8. The van der Waals surface area contributed by atoms with Gasteiger partial charge in [0.1, 0.15) is 11.3 Å². The molecule has 2 heterocycles. The van der Waals surface area contributed by atoms with Gasteiger partial charge in [0.2, 0.25) is 0 Å². The largest absolute Gasteiger partial charge is 0.444 e. The van der Waals surface area contributed by atoms with Crippen LogP contribution in [0.25, 0.3) is 0 Å². The van der Waals surface area contributed by atoms with Gasteiger partial charge in [-0.25, -0.2) is 9.78 Å². The summed E-state index contributed by atoms with van der Waals surface area (Å²) in [5.74, 6) is 6.02. The number of pyridine rings is 1. The molecule has 7 heteroatoms. The average molecular weight is 366 g/mol. The maximum Gasteiger partial charge on any atom is 0.408 e. The molecule has 0 radical (unpaired) electrons. The van der Waals surface area contributed by atoms with Crippen LogP contribution in [0.4, 0.5) is 10.5 Å². The number of hydrogen-bond acceptors (Lipinski definition) is 5. The fourth-order valence-corrected chi connectivity index (χ4v) is 2.42. The van der Waals surface area contributed by atoms with Gasteiger partial charge in [0.25, 0.3) is 0 Å². The minimum absolute atomic E-state index is 0.370. The predicted octanol–water partition coefficient (Wildman–Crippen LogP) is 2.84. The first-order chi connectivity index (χ1) is 11.7. The third-order valence-corrected chi connectivity index (χ3v) is 3.53. The molecule has 1 aromatic rings. The summed E-state index contributed by atoms with van der Waals surface area (Å²) in [6.07, 6.45) is 1.08. The van der Waals surface area contributed by atoms with Gasteiger partial charge in [-0.2, -0.15) is 0 Å². The van der Waals surface area contributed by atoms with E-state index in [2.05, 4.69) is 27.0 Å². The molecule has 25 heavy (non-hydrogen) atoms. The number of carbonyl (C=O) groups excluding carboxylic acids is 1. The lowest BCUT2D eigenvalue weighted by atomic mass is 10.2. The quantitative estimate of drug-likeness (QED) is 0.816. The number of morpholine rings is 1. The van der Waals surface area contributed by atoms with Crippen molar-refractivity contribution in [1.82, 2.24) is 10.3 Å². The number of hydrogen-bond donors (Lipinski definition) is 1. The first kappa shape index (κ1) is 19.4. The summed E-state index contributed by atoms with van der Waals surface area (Å²) < 4.78 is 10.6. The predicted molar refractivity (Wildman–Crippen MR) is 98.0 cm³/mol. The second-order valence-electron chi connectivity index (χ2n) is 6.76. The van der Waals surface area contributed by atoms with Crippen LogP contribution in [0.3, 0.4) is 0 Å². The van der Waals surface area contributed by atoms with Crippen molar-refractivity contribution >= 4 is 23.4 Å². The van der Waals surface area contributed by atoms with E-state index in [-0.39, 0.29) is 6.04 Å². The smallest absolute Gasteiger partial charge is 0.408 e. The molecule has 1 saturated heterocycles. The van der Waals surface area contributed by atoms with E-state index in [9.17, 15) is 4.79 Å². The molecule has 1 fully saturated rings. The maximum absolute atomic E-state index is 11.8. The first-order valence-corrected chi connectivity index (χ1v) is 8.62. The SMILES string of the molecule is C[C@@H](C#Cc1ncc(Cl)cc1N1CCOCC1)NC(=O)OC(C)(C)C. The highest BCUT2D eigenvalue weighted by molar-refractivity contribution is 6.30. The van der Waals surface area contributed by atoms with Crippen molar-refractivity contribution in [2.75, 3.05) is 31.2 Å². The van der Waals surface area contributed by atoms with Crippen molar-refractivity contribution in [2.45, 2.75) is 39.3 Å². The van der Waals surface area contributed by atoms with Crippen molar-refractivity contribution in [3.8, 4) is 11.8 Å². The number of halogens is 1. The second kappa shape index (κ2) is 8.41. The Morgan fingerprint density at radius 2 is 2.12 bits per heavy atom. The van der Waals surface area contributed by atoms with Crippen LogP contribution in [0.1, 0.15) is 33.4 Å². The van der Waals surface area contributed by atoms with Crippen molar-refractivity contribution in [3.63, 3.8) is 0 Å². The van der Waals surface area contributed by atoms with Crippen LogP contribution in [-0.2, 0) is 9.47 Å². The molecule has 1 atom stereocenters. The number of nitrogens with zero attached hydrogens (tertiary/aromatic N) is 2. The van der Waals surface area contributed by atoms with Gasteiger partial charge in [-0.1, -0.05) is 17.5 Å². The minimum Gasteiger partial charge on any atom is -0.444 e. The summed E-state index contributed by atoms with van der Waals surface area (Å²) in [7, 11) is 0. The van der Waals surface area contributed by atoms with E-state index in [1.807, 2.05) is 26.8 Å². The normalized spacial score (nSPS) is 15.8. The number of alkyl carbamates (subject to hydrolysis) is 1. The maximum atomic E-state index is 11.8. The van der Waals surface area contributed by atoms with Crippen molar-refractivity contribution < 1.29 is 14.3 Å². The molecule has 1 aliphatic heterocycles. The van der Waals surface area contributed by atoms with Gasteiger partial charge in [0.15, 0.2) is 0 Å². The van der Waals surface area contributed by atoms with Crippen molar-refractivity contribution in [2.24, 2.45) is 0 Å². The Kier molecular flexibility index (Phi) is 6.51. The van der Waals surface area contributed by atoms with Gasteiger partial charge in [-0.3, -0.25) is 0 Å². The molecule has 0 aromatic carbocycles. The summed E-state index contributed by atoms with van der Waals surface area (Å²) in [5.41, 5.74) is 0.968. The molecule has 0 bridgehead atoms. The number of aromatic nitrogens is 1. The molecule has 0 spiro atoms. The topological polar surface area (TPSA) is 63.7 Å². The fourth-order valence-electron chi connectivity index (χ4n) is 2.27. The molecule has 1 amide bonds. The van der Waals surface area contributed by atoms with Gasteiger partial charge in [0.05, 0.1) is 30.0 Å². The number of ether oxygens (including phenoxy) is 2. The Bertz CT molecular complexity index is 670. The fraction of sp³-hybridized carbons (Fsp3) is 0.556. The van der Waals surface area contributed by atoms with Crippen LogP contribution in [0.5, 0.6) is 0 Å². The molecule has 0 unspecified atom stereocenters. The van der Waals surface area contributed by atoms with Gasteiger partial charge in [0, 0.05) is 19.3 Å². The Balaban J connectivity index is 2.09. The monoisotopic (exact) mass is 365 g/mol. The highest BCUT2D eigenvalue weighted by Crippen LogP contribution is 2.23. The van der Waals surface area contributed by atoms with Gasteiger partial charge < -0.3 is 19.7 Å². The number of carbonyl (C=O) groups is 1. The first-order valence-electron chi connectivity index (χ1n) is 8.24. The van der Waals surface area contributed by atoms with Crippen molar-refractivity contribution in [1.29, 1.82) is 0 Å². The summed E-state index contributed by atoms with van der Waals surface area (Å²) >= 11 is 6.09. The molecular formula is C18H24ClN3O3. The van der Waals surface area contributed by atoms with Crippen LogP contribution in [0.15, 0.2) is 12.3 Å². The van der Waals surface area contributed by atoms with Crippen LogP contribution in [0.2, 0.25) is 5.02 Å². The molecule has 0 saturated carbocycles. The lowest BCUT2D eigenvalue weighted by molar-refractivity contribution is 0.0519. The Morgan fingerprint density at radius 3 is 2.76 bits per heavy atom. The highest BCUT2D eigenvalue weighted by Gasteiger charge is 2.18. The number of nitrogens with one attached hydrogen (secondary N) is 1. The van der Waals surface area contributed by atoms with E-state index in [4.69, 9.17) is 21.1 Å². The number of amides is 1. The van der Waals surface area contributed by atoms with Crippen molar-refractivity contribution in [3.05, 3.63) is 23.0 Å². The highest BCUT2D eigenvalue weighted by atomic mass is 35.5. The molecule has 1 aliphatic rings. The number of anilines is 1. The van der Waals surface area contributed by atoms with Crippen LogP contribution in [0, 0.1) is 11.8 Å². The Hall–Kier alpha value is -1.97. The van der Waals surface area contributed by atoms with E-state index in [1.54, 1.807) is 13.1 Å². The third-order valence-electron chi connectivity index (χ3n) is 3.33. The molecule has 0 aliphatic carbocycles. The molecule has 2 rings (SSSR count). The Labute approximate surface area is 153 Å². The van der Waals surface area contributed by atoms with E-state index < -0.39 is 11.7 Å². The second-order valence-corrected chi connectivity index (χ2v) is 7.19. The van der Waals surface area contributed by atoms with Crippen LogP contribution >= 0.6 is 11.6 Å². The molecule has 136 valence electrons. The van der Waals surface area contributed by atoms with E-state index >= 15 is 0 Å². The number of rotatable bonds is 2. The molecule has 6 nitrogen and oxygen atoms in total. The summed E-state index contributed by atoms with van der Waals surface area (Å²) in [6, 6.07) is 1.49. The molecule has 1 N–H and O–H groups in total. The summed E-state index contributed by atoms with van der Waals surface area (Å²) in [4.78, 5) is 18.3. The lowest BCUT2D eigenvalue weighted by Gasteiger charge is -2.29. The van der Waals surface area contributed by atoms with E-state index in [0.29, 0.717) is 23.9 Å². The van der Waals surface area contributed by atoms with Crippen LogP contribution < -0.4 is 10.2 Å². The third kappa shape index (κ3) is 6.45. The van der Waals surface area contributed by atoms with Gasteiger partial charge in [-0.15, -0.1) is 0 Å². The standard InChI is InChI=1S/C18H24ClN3O3/c1-13(21-17(23)25-18(2,3)4)5-6-15-16(11-14(19)12-20-15)22-7-9-24-10-8-22/h11-13H,7-10H2,1-4H3,(H,21,23)/t13-/m0/s1. The minimum atomic E-state index is -0.543. The van der Waals surface area contributed by atoms with Gasteiger partial charge in [-0.05, 0) is 39.7 Å². The Morgan fingerprint density at radius 1 is 1.44 bits per heavy atom. The lowest BCUT2D eigenvalue weighted by Crippen LogP contribution is -2.37. The zero-order chi connectivity index (χ0) is 18.4. The van der Waals surface area contributed by atoms with Crippen LogP contribution in [-0.4, -0.2) is 49.0 Å². The molecule has 1 aromatic heterocycles. The van der Waals surface area contributed by atoms with Gasteiger partial charge >= 0.3 is 6.09 Å². The molecular weight excluding hydrogens is 342 g/mol. The summed E-state index contributed by atoms with van der Waals surface area (Å²) in [5, 5.41) is 3.26. The zero-order valence-electron chi connectivity index (χ0n) is 15.1. The average Bonchev–Trinajstić information content (AvgIpc) is 2.52. The van der Waals surface area contributed by atoms with E-state index in [1.165, 1.54) is 0 Å². The summed E-state index contributed by atoms with van der Waals surface area (Å²) in [6.45, 7) is 10.1.